The van der Waals surface area contributed by atoms with Crippen molar-refractivity contribution >= 4 is 27.1 Å². The van der Waals surface area contributed by atoms with Crippen LogP contribution in [0.4, 0.5) is 0 Å². The summed E-state index contributed by atoms with van der Waals surface area (Å²) in [5, 5.41) is 17.0. The Hall–Kier alpha value is -0.800. The number of rotatable bonds is 9. The Labute approximate surface area is 113 Å². The molecule has 13 heteroatoms. The Morgan fingerprint density at radius 2 is 1.15 bits per heavy atom. The lowest BCUT2D eigenvalue weighted by molar-refractivity contribution is -0.137. The summed E-state index contributed by atoms with van der Waals surface area (Å²) in [5.74, 6) is -2.72. The normalized spacial score (nSPS) is 12.9. The zero-order valence-electron chi connectivity index (χ0n) is 10.1. The number of carbonyl (C=O) groups is 2. The van der Waals surface area contributed by atoms with Crippen LogP contribution in [-0.4, -0.2) is 65.2 Å². The number of hydrogen-bond donors (Lipinski definition) is 6. The van der Waals surface area contributed by atoms with E-state index in [0.29, 0.717) is 4.90 Å². The van der Waals surface area contributed by atoms with Gasteiger partial charge < -0.3 is 29.8 Å². The molecule has 0 aromatic carbocycles. The van der Waals surface area contributed by atoms with E-state index in [9.17, 15) is 18.7 Å². The highest BCUT2D eigenvalue weighted by Crippen LogP contribution is 2.61. The molecule has 0 saturated heterocycles. The largest absolute Gasteiger partial charge is 0.481 e. The number of carboxylic acid groups (broad SMARTS) is 2. The first-order valence-corrected chi connectivity index (χ1v) is 8.50. The van der Waals surface area contributed by atoms with Crippen LogP contribution in [0.25, 0.3) is 0 Å². The van der Waals surface area contributed by atoms with Crippen LogP contribution in [0.1, 0.15) is 12.8 Å². The molecule has 0 saturated carbocycles. The quantitative estimate of drug-likeness (QED) is 0.279. The standard InChI is InChI=1S/C7H15NO10P2/c9-5(10)1-3-8(4-2-6(11)12)7(19(13,14)15)20(16,17)18/h7H,1-4H2,(H,9,10)(H,11,12)(H2,13,14,15)(H2,16,17,18). The second kappa shape index (κ2) is 7.28. The van der Waals surface area contributed by atoms with Crippen LogP contribution < -0.4 is 0 Å². The van der Waals surface area contributed by atoms with Gasteiger partial charge in [0, 0.05) is 13.1 Å². The molecule has 0 atom stereocenters. The van der Waals surface area contributed by atoms with Crippen LogP contribution in [0.5, 0.6) is 0 Å². The van der Waals surface area contributed by atoms with E-state index in [1.54, 1.807) is 0 Å². The molecular weight excluding hydrogens is 320 g/mol. The minimum absolute atomic E-state index is 0.490. The minimum Gasteiger partial charge on any atom is -0.481 e. The predicted molar refractivity (Wildman–Crippen MR) is 64.0 cm³/mol. The fourth-order valence-electron chi connectivity index (χ4n) is 1.44. The summed E-state index contributed by atoms with van der Waals surface area (Å²) in [6, 6.07) is 0. The molecule has 0 bridgehead atoms. The molecular formula is C7H15NO10P2. The predicted octanol–water partition coefficient (Wildman–Crippen LogP) is -1.12. The topological polar surface area (TPSA) is 193 Å². The molecule has 0 aromatic heterocycles. The Morgan fingerprint density at radius 1 is 0.850 bits per heavy atom. The maximum atomic E-state index is 11.2. The Morgan fingerprint density at radius 3 is 1.35 bits per heavy atom. The van der Waals surface area contributed by atoms with Crippen molar-refractivity contribution in [1.29, 1.82) is 0 Å². The maximum absolute atomic E-state index is 11.2. The van der Waals surface area contributed by atoms with E-state index in [-0.39, 0.29) is 0 Å². The number of aliphatic carboxylic acids is 2. The zero-order valence-corrected chi connectivity index (χ0v) is 11.9. The second-order valence-corrected chi connectivity index (χ2v) is 7.59. The number of hydrogen-bond acceptors (Lipinski definition) is 5. The summed E-state index contributed by atoms with van der Waals surface area (Å²) in [6.07, 6.45) is -1.31. The van der Waals surface area contributed by atoms with Gasteiger partial charge in [-0.3, -0.25) is 23.6 Å². The van der Waals surface area contributed by atoms with Gasteiger partial charge in [-0.15, -0.1) is 0 Å². The Balaban J connectivity index is 5.29. The van der Waals surface area contributed by atoms with E-state index in [4.69, 9.17) is 29.8 Å². The summed E-state index contributed by atoms with van der Waals surface area (Å²) in [4.78, 5) is 57.3. The molecule has 0 aromatic rings. The van der Waals surface area contributed by atoms with E-state index >= 15 is 0 Å². The number of carboxylic acids is 2. The van der Waals surface area contributed by atoms with Gasteiger partial charge in [0.15, 0.2) is 0 Å². The van der Waals surface area contributed by atoms with E-state index in [1.807, 2.05) is 0 Å². The molecule has 0 heterocycles. The lowest BCUT2D eigenvalue weighted by Crippen LogP contribution is -2.38. The summed E-state index contributed by atoms with van der Waals surface area (Å²) in [6.45, 7) is -1.22. The molecule has 0 radical (unpaired) electrons. The lowest BCUT2D eigenvalue weighted by atomic mass is 10.3. The fraction of sp³-hybridized carbons (Fsp3) is 0.714. The van der Waals surface area contributed by atoms with Crippen molar-refractivity contribution in [2.75, 3.05) is 13.1 Å². The highest BCUT2D eigenvalue weighted by Gasteiger charge is 2.47. The summed E-state index contributed by atoms with van der Waals surface area (Å²) in [5.41, 5.74) is -2.56. The van der Waals surface area contributed by atoms with Gasteiger partial charge in [-0.25, -0.2) is 0 Å². The van der Waals surface area contributed by atoms with Gasteiger partial charge in [-0.2, -0.15) is 0 Å². The van der Waals surface area contributed by atoms with Crippen LogP contribution in [0, 0.1) is 0 Å². The van der Waals surface area contributed by atoms with Crippen LogP contribution in [0.2, 0.25) is 0 Å². The second-order valence-electron chi connectivity index (χ2n) is 3.85. The summed E-state index contributed by atoms with van der Waals surface area (Å²) >= 11 is 0. The van der Waals surface area contributed by atoms with Crippen molar-refractivity contribution in [2.24, 2.45) is 0 Å². The van der Waals surface area contributed by atoms with Gasteiger partial charge in [0.1, 0.15) is 0 Å². The molecule has 118 valence electrons. The SMILES string of the molecule is O=C(O)CCN(CCC(=O)O)C(P(=O)(O)O)P(=O)(O)O. The van der Waals surface area contributed by atoms with E-state index in [0.717, 1.165) is 0 Å². The molecule has 20 heavy (non-hydrogen) atoms. The highest BCUT2D eigenvalue weighted by atomic mass is 31.2. The van der Waals surface area contributed by atoms with Crippen molar-refractivity contribution in [3.8, 4) is 0 Å². The van der Waals surface area contributed by atoms with Crippen molar-refractivity contribution < 1.29 is 48.5 Å². The molecule has 0 spiro atoms. The number of nitrogens with zero attached hydrogens (tertiary/aromatic N) is 1. The Kier molecular flexibility index (Phi) is 6.99. The Bertz CT molecular complexity index is 413. The fourth-order valence-corrected chi connectivity index (χ4v) is 4.32. The maximum Gasteiger partial charge on any atom is 0.354 e. The molecule has 0 amide bonds. The van der Waals surface area contributed by atoms with Crippen LogP contribution in [0.15, 0.2) is 0 Å². The third-order valence-electron chi connectivity index (χ3n) is 2.15. The van der Waals surface area contributed by atoms with Gasteiger partial charge >= 0.3 is 27.1 Å². The average Bonchev–Trinajstić information content (AvgIpc) is 2.17. The third kappa shape index (κ3) is 7.11. The lowest BCUT2D eigenvalue weighted by Gasteiger charge is -2.31. The van der Waals surface area contributed by atoms with Crippen molar-refractivity contribution in [2.45, 2.75) is 18.4 Å². The van der Waals surface area contributed by atoms with Crippen LogP contribution >= 0.6 is 15.2 Å². The van der Waals surface area contributed by atoms with Crippen LogP contribution in [-0.2, 0) is 18.7 Å². The van der Waals surface area contributed by atoms with Gasteiger partial charge in [-0.05, 0) is 0 Å². The first-order valence-electron chi connectivity index (χ1n) is 5.13. The van der Waals surface area contributed by atoms with E-state index < -0.39 is 58.6 Å². The summed E-state index contributed by atoms with van der Waals surface area (Å²) in [7, 11) is -10.6. The smallest absolute Gasteiger partial charge is 0.354 e. The van der Waals surface area contributed by atoms with Gasteiger partial charge in [0.25, 0.3) is 0 Å². The van der Waals surface area contributed by atoms with E-state index in [2.05, 4.69) is 0 Å². The molecule has 0 unspecified atom stereocenters. The first-order chi connectivity index (χ1) is 8.85. The van der Waals surface area contributed by atoms with Crippen LogP contribution in [0.3, 0.4) is 0 Å². The van der Waals surface area contributed by atoms with Gasteiger partial charge in [0.05, 0.1) is 12.8 Å². The molecule has 11 nitrogen and oxygen atoms in total. The molecule has 0 aliphatic heterocycles. The zero-order chi connectivity index (χ0) is 16.1. The molecule has 0 fully saturated rings. The first kappa shape index (κ1) is 19.2. The minimum atomic E-state index is -5.30. The monoisotopic (exact) mass is 335 g/mol. The third-order valence-corrected chi connectivity index (χ3v) is 5.82. The average molecular weight is 335 g/mol. The van der Waals surface area contributed by atoms with Gasteiger partial charge in [-0.1, -0.05) is 0 Å². The molecule has 0 rings (SSSR count). The molecule has 0 aliphatic carbocycles. The van der Waals surface area contributed by atoms with Crippen molar-refractivity contribution in [3.05, 3.63) is 0 Å². The van der Waals surface area contributed by atoms with Gasteiger partial charge in [0.2, 0.25) is 5.52 Å². The van der Waals surface area contributed by atoms with Crippen molar-refractivity contribution in [3.63, 3.8) is 0 Å². The molecule has 0 aliphatic rings. The summed E-state index contributed by atoms with van der Waals surface area (Å²) < 4.78 is 22.3. The molecule has 6 N–H and O–H groups in total. The van der Waals surface area contributed by atoms with E-state index in [1.165, 1.54) is 0 Å². The highest BCUT2D eigenvalue weighted by molar-refractivity contribution is 7.70. The van der Waals surface area contributed by atoms with Crippen molar-refractivity contribution in [1.82, 2.24) is 4.90 Å².